The van der Waals surface area contributed by atoms with Gasteiger partial charge in [-0.2, -0.15) is 0 Å². The fourth-order valence-corrected chi connectivity index (χ4v) is 2.59. The topological polar surface area (TPSA) is 18.5 Å². The zero-order valence-electron chi connectivity index (χ0n) is 5.82. The van der Waals surface area contributed by atoms with Gasteiger partial charge in [0, 0.05) is 7.11 Å². The van der Waals surface area contributed by atoms with E-state index in [4.69, 9.17) is 8.54 Å². The van der Waals surface area contributed by atoms with E-state index < -0.39 is 8.56 Å². The van der Waals surface area contributed by atoms with Crippen molar-refractivity contribution in [3.05, 3.63) is 0 Å². The molecular formula is C4H12O2Si2. The Hall–Kier alpha value is 0.354. The first-order chi connectivity index (χ1) is 3.62. The van der Waals surface area contributed by atoms with Crippen molar-refractivity contribution in [1.82, 2.24) is 0 Å². The van der Waals surface area contributed by atoms with Crippen molar-refractivity contribution in [2.45, 2.75) is 19.6 Å². The van der Waals surface area contributed by atoms with Crippen molar-refractivity contribution in [3.63, 3.8) is 0 Å². The molecule has 0 spiro atoms. The number of hydrogen-bond acceptors (Lipinski definition) is 2. The predicted octanol–water partition coefficient (Wildman–Crippen LogP) is 1.02. The third-order valence-corrected chi connectivity index (χ3v) is 4.61. The second kappa shape index (κ2) is 3.39. The molecule has 0 atom stereocenters. The van der Waals surface area contributed by atoms with Crippen molar-refractivity contribution in [2.75, 3.05) is 7.11 Å². The molecule has 48 valence electrons. The summed E-state index contributed by atoms with van der Waals surface area (Å²) >= 11 is 0. The summed E-state index contributed by atoms with van der Waals surface area (Å²) in [5, 5.41) is 0. The molecule has 0 heterocycles. The van der Waals surface area contributed by atoms with Gasteiger partial charge in [-0.25, -0.2) is 0 Å². The molecule has 0 aromatic rings. The van der Waals surface area contributed by atoms with Crippen LogP contribution >= 0.6 is 0 Å². The predicted molar refractivity (Wildman–Crippen MR) is 37.2 cm³/mol. The minimum Gasteiger partial charge on any atom is -0.436 e. The van der Waals surface area contributed by atoms with Gasteiger partial charge in [-0.3, -0.25) is 0 Å². The summed E-state index contributed by atoms with van der Waals surface area (Å²) in [6.45, 7) is 6.07. The fraction of sp³-hybridized carbons (Fsp3) is 1.00. The molecule has 0 aliphatic carbocycles. The maximum absolute atomic E-state index is 5.32. The first kappa shape index (κ1) is 8.35. The molecule has 0 saturated heterocycles. The molecule has 4 heteroatoms. The van der Waals surface area contributed by atoms with E-state index in [-0.39, 0.29) is 0 Å². The molecule has 0 N–H and O–H groups in total. The van der Waals surface area contributed by atoms with Crippen LogP contribution in [0.1, 0.15) is 0 Å². The first-order valence-corrected chi connectivity index (χ1v) is 6.75. The van der Waals surface area contributed by atoms with Gasteiger partial charge in [0.2, 0.25) is 9.76 Å². The lowest BCUT2D eigenvalue weighted by Crippen LogP contribution is -2.33. The Kier molecular flexibility index (Phi) is 3.54. The van der Waals surface area contributed by atoms with E-state index in [1.165, 1.54) is 0 Å². The lowest BCUT2D eigenvalue weighted by Gasteiger charge is -2.18. The third kappa shape index (κ3) is 3.37. The molecule has 0 saturated carbocycles. The highest BCUT2D eigenvalue weighted by Gasteiger charge is 2.20. The van der Waals surface area contributed by atoms with Crippen LogP contribution in [0.3, 0.4) is 0 Å². The molecule has 0 aromatic carbocycles. The van der Waals surface area contributed by atoms with Crippen molar-refractivity contribution in [3.8, 4) is 0 Å². The minimum atomic E-state index is -1.66. The molecule has 2 nitrogen and oxygen atoms in total. The number of hydrogen-bond donors (Lipinski definition) is 0. The Bertz CT molecular complexity index is 65.1. The maximum Gasteiger partial charge on any atom is 0.320 e. The Morgan fingerprint density at radius 3 is 2.00 bits per heavy atom. The summed E-state index contributed by atoms with van der Waals surface area (Å²) in [6.07, 6.45) is 0. The molecular weight excluding hydrogens is 136 g/mol. The smallest absolute Gasteiger partial charge is 0.320 e. The van der Waals surface area contributed by atoms with Gasteiger partial charge < -0.3 is 8.54 Å². The molecule has 0 bridgehead atoms. The monoisotopic (exact) mass is 148 g/mol. The SMILES string of the molecule is CO[Si](C)(C)O[Si]C. The average Bonchev–Trinajstić information content (AvgIpc) is 1.67. The summed E-state index contributed by atoms with van der Waals surface area (Å²) in [4.78, 5) is 0. The maximum atomic E-state index is 5.32. The van der Waals surface area contributed by atoms with Gasteiger partial charge in [-0.05, 0) is 19.6 Å². The van der Waals surface area contributed by atoms with Crippen LogP contribution in [0.15, 0.2) is 0 Å². The van der Waals surface area contributed by atoms with Crippen LogP contribution in [0.2, 0.25) is 19.6 Å². The third-order valence-electron chi connectivity index (χ3n) is 0.839. The minimum absolute atomic E-state index is 0.553. The van der Waals surface area contributed by atoms with E-state index in [9.17, 15) is 0 Å². The van der Waals surface area contributed by atoms with Gasteiger partial charge in [0.1, 0.15) is 0 Å². The summed E-state index contributed by atoms with van der Waals surface area (Å²) in [5.74, 6) is 0. The lowest BCUT2D eigenvalue weighted by molar-refractivity contribution is 0.321. The molecule has 0 unspecified atom stereocenters. The van der Waals surface area contributed by atoms with Gasteiger partial charge in [0.25, 0.3) is 0 Å². The van der Waals surface area contributed by atoms with Crippen molar-refractivity contribution < 1.29 is 8.54 Å². The van der Waals surface area contributed by atoms with Crippen LogP contribution in [0.4, 0.5) is 0 Å². The quantitative estimate of drug-likeness (QED) is 0.556. The van der Waals surface area contributed by atoms with Crippen LogP contribution in [-0.2, 0) is 8.54 Å². The Morgan fingerprint density at radius 2 is 1.88 bits per heavy atom. The van der Waals surface area contributed by atoms with Crippen molar-refractivity contribution >= 4 is 18.3 Å². The van der Waals surface area contributed by atoms with Gasteiger partial charge in [-0.1, -0.05) is 0 Å². The van der Waals surface area contributed by atoms with E-state index in [0.29, 0.717) is 9.76 Å². The van der Waals surface area contributed by atoms with E-state index in [1.807, 2.05) is 19.6 Å². The van der Waals surface area contributed by atoms with E-state index in [0.717, 1.165) is 0 Å². The second-order valence-corrected chi connectivity index (χ2v) is 6.34. The zero-order chi connectivity index (χ0) is 6.62. The van der Waals surface area contributed by atoms with Crippen LogP contribution < -0.4 is 0 Å². The number of rotatable bonds is 3. The van der Waals surface area contributed by atoms with Crippen molar-refractivity contribution in [2.24, 2.45) is 0 Å². The average molecular weight is 148 g/mol. The van der Waals surface area contributed by atoms with Crippen molar-refractivity contribution in [1.29, 1.82) is 0 Å². The summed E-state index contributed by atoms with van der Waals surface area (Å²) in [7, 11) is 0.589. The Morgan fingerprint density at radius 1 is 1.38 bits per heavy atom. The highest BCUT2D eigenvalue weighted by molar-refractivity contribution is 6.69. The lowest BCUT2D eigenvalue weighted by atomic mass is 11.8. The second-order valence-electron chi connectivity index (χ2n) is 1.91. The molecule has 0 fully saturated rings. The normalized spacial score (nSPS) is 12.0. The molecule has 0 amide bonds. The van der Waals surface area contributed by atoms with Gasteiger partial charge in [0.05, 0.1) is 0 Å². The van der Waals surface area contributed by atoms with E-state index in [1.54, 1.807) is 7.11 Å². The molecule has 0 aliphatic heterocycles. The zero-order valence-corrected chi connectivity index (χ0v) is 7.82. The Balaban J connectivity index is 3.37. The first-order valence-electron chi connectivity index (χ1n) is 2.52. The fourth-order valence-electron chi connectivity index (χ4n) is 0.287. The van der Waals surface area contributed by atoms with Crippen LogP contribution in [0.5, 0.6) is 0 Å². The summed E-state index contributed by atoms with van der Waals surface area (Å²) in [5.41, 5.74) is 0. The largest absolute Gasteiger partial charge is 0.436 e. The highest BCUT2D eigenvalue weighted by atomic mass is 28.4. The molecule has 0 rings (SSSR count). The molecule has 8 heavy (non-hydrogen) atoms. The van der Waals surface area contributed by atoms with Crippen LogP contribution in [0.25, 0.3) is 0 Å². The summed E-state index contributed by atoms with van der Waals surface area (Å²) < 4.78 is 10.4. The van der Waals surface area contributed by atoms with Gasteiger partial charge in [-0.15, -0.1) is 0 Å². The highest BCUT2D eigenvalue weighted by Crippen LogP contribution is 2.01. The molecule has 2 radical (unpaired) electrons. The van der Waals surface area contributed by atoms with E-state index in [2.05, 4.69) is 0 Å². The van der Waals surface area contributed by atoms with E-state index >= 15 is 0 Å². The van der Waals surface area contributed by atoms with Gasteiger partial charge in [0.15, 0.2) is 0 Å². The molecule has 0 aromatic heterocycles. The van der Waals surface area contributed by atoms with Crippen LogP contribution in [0, 0.1) is 0 Å². The summed E-state index contributed by atoms with van der Waals surface area (Å²) in [6, 6.07) is 0. The van der Waals surface area contributed by atoms with Gasteiger partial charge >= 0.3 is 8.56 Å². The Labute approximate surface area is 54.4 Å². The molecule has 0 aliphatic rings. The standard InChI is InChI=1S/C4H12O2Si2/c1-5-8(3,4)6-7-2/h1-4H3. The van der Waals surface area contributed by atoms with Crippen LogP contribution in [-0.4, -0.2) is 25.4 Å².